The maximum Gasteiger partial charge on any atom is 0.311 e. The van der Waals surface area contributed by atoms with Crippen LogP contribution >= 0.6 is 0 Å². The number of rotatable bonds is 6. The molecule has 3 rings (SSSR count). The van der Waals surface area contributed by atoms with E-state index in [-0.39, 0.29) is 10.6 Å². The predicted octanol–water partition coefficient (Wildman–Crippen LogP) is 2.34. The number of amides is 1. The quantitative estimate of drug-likeness (QED) is 0.507. The fourth-order valence-corrected chi connectivity index (χ4v) is 4.13. The summed E-state index contributed by atoms with van der Waals surface area (Å²) >= 11 is 0. The van der Waals surface area contributed by atoms with E-state index in [1.54, 1.807) is 12.1 Å². The van der Waals surface area contributed by atoms with Crippen LogP contribution in [0.4, 0.5) is 15.8 Å². The highest BCUT2D eigenvalue weighted by atomic mass is 32.2. The molecule has 1 amide bonds. The first-order valence-electron chi connectivity index (χ1n) is 9.04. The van der Waals surface area contributed by atoms with Gasteiger partial charge in [0.1, 0.15) is 5.82 Å². The number of hydrogen-bond donors (Lipinski definition) is 0. The van der Waals surface area contributed by atoms with E-state index in [4.69, 9.17) is 4.74 Å². The number of fused-ring (bicyclic) bond motifs is 1. The van der Waals surface area contributed by atoms with Gasteiger partial charge in [-0.05, 0) is 42.7 Å². The topological polar surface area (TPSA) is 110 Å². The van der Waals surface area contributed by atoms with Crippen molar-refractivity contribution in [3.63, 3.8) is 0 Å². The summed E-state index contributed by atoms with van der Waals surface area (Å²) in [6, 6.07) is 7.30. The van der Waals surface area contributed by atoms with Crippen molar-refractivity contribution < 1.29 is 27.3 Å². The average Bonchev–Trinajstić information content (AvgIpc) is 2.70. The molecule has 2 aromatic rings. The first-order chi connectivity index (χ1) is 14.1. The minimum atomic E-state index is -3.61. The van der Waals surface area contributed by atoms with Crippen LogP contribution in [-0.4, -0.2) is 50.8 Å². The van der Waals surface area contributed by atoms with Gasteiger partial charge in [-0.2, -0.15) is 0 Å². The Bertz CT molecular complexity index is 1100. The van der Waals surface area contributed by atoms with Crippen LogP contribution in [0.15, 0.2) is 41.3 Å². The average molecular weight is 437 g/mol. The lowest BCUT2D eigenvalue weighted by Gasteiger charge is -2.30. The largest absolute Gasteiger partial charge is 0.477 e. The monoisotopic (exact) mass is 437 g/mol. The van der Waals surface area contributed by atoms with E-state index in [0.29, 0.717) is 30.6 Å². The summed E-state index contributed by atoms with van der Waals surface area (Å²) in [5, 5.41) is 11.1. The van der Waals surface area contributed by atoms with E-state index in [2.05, 4.69) is 0 Å². The third kappa shape index (κ3) is 4.26. The molecule has 1 aliphatic heterocycles. The van der Waals surface area contributed by atoms with E-state index in [0.717, 1.165) is 22.5 Å². The van der Waals surface area contributed by atoms with Gasteiger partial charge in [-0.25, -0.2) is 17.1 Å². The predicted molar refractivity (Wildman–Crippen MR) is 107 cm³/mol. The van der Waals surface area contributed by atoms with Crippen LogP contribution in [-0.2, 0) is 21.2 Å². The van der Waals surface area contributed by atoms with Gasteiger partial charge in [0.05, 0.1) is 9.82 Å². The van der Waals surface area contributed by atoms with Crippen molar-refractivity contribution in [3.05, 3.63) is 57.9 Å². The normalized spacial score (nSPS) is 13.8. The zero-order chi connectivity index (χ0) is 22.1. The highest BCUT2D eigenvalue weighted by molar-refractivity contribution is 7.89. The number of nitro benzene ring substituents is 1. The van der Waals surface area contributed by atoms with Gasteiger partial charge >= 0.3 is 5.69 Å². The van der Waals surface area contributed by atoms with Crippen molar-refractivity contribution in [1.29, 1.82) is 0 Å². The Hall–Kier alpha value is -3.05. The van der Waals surface area contributed by atoms with Gasteiger partial charge < -0.3 is 9.64 Å². The molecule has 0 saturated heterocycles. The van der Waals surface area contributed by atoms with Crippen LogP contribution in [0.1, 0.15) is 12.0 Å². The summed E-state index contributed by atoms with van der Waals surface area (Å²) in [6.07, 6.45) is 1.22. The zero-order valence-electron chi connectivity index (χ0n) is 16.4. The third-order valence-electron chi connectivity index (χ3n) is 4.72. The maximum absolute atomic E-state index is 13.4. The van der Waals surface area contributed by atoms with Crippen LogP contribution < -0.4 is 9.64 Å². The third-order valence-corrected chi connectivity index (χ3v) is 6.53. The van der Waals surface area contributed by atoms with Crippen molar-refractivity contribution >= 4 is 27.3 Å². The molecule has 0 unspecified atom stereocenters. The Morgan fingerprint density at radius 3 is 2.67 bits per heavy atom. The number of sulfonamides is 1. The number of benzene rings is 2. The molecule has 0 saturated carbocycles. The number of nitro groups is 1. The molecular formula is C19H20FN3O6S. The molecule has 0 atom stereocenters. The fraction of sp³-hybridized carbons (Fsp3) is 0.316. The zero-order valence-corrected chi connectivity index (χ0v) is 17.2. The number of hydrogen-bond acceptors (Lipinski definition) is 6. The molecule has 0 aromatic heterocycles. The summed E-state index contributed by atoms with van der Waals surface area (Å²) in [6.45, 7) is -0.137. The molecular weight excluding hydrogens is 417 g/mol. The van der Waals surface area contributed by atoms with Gasteiger partial charge in [0.25, 0.3) is 5.91 Å². The summed E-state index contributed by atoms with van der Waals surface area (Å²) in [5.41, 5.74) is 0.817. The van der Waals surface area contributed by atoms with Crippen molar-refractivity contribution in [2.75, 3.05) is 32.1 Å². The first kappa shape index (κ1) is 21.7. The Labute approximate surface area is 172 Å². The molecule has 11 heteroatoms. The first-order valence-corrected chi connectivity index (χ1v) is 10.5. The summed E-state index contributed by atoms with van der Waals surface area (Å²) in [5.74, 6) is -1.53. The van der Waals surface area contributed by atoms with Gasteiger partial charge in [0, 0.05) is 38.5 Å². The molecule has 2 aromatic carbocycles. The standard InChI is InChI=1S/C19H20FN3O6S/c1-21(2)30(27,28)15-6-8-16-13(10-15)4-3-9-22(16)19(24)12-29-18-11-14(20)5-7-17(18)23(25)26/h5-8,10-11H,3-4,9,12H2,1-2H3. The van der Waals surface area contributed by atoms with Gasteiger partial charge in [-0.15, -0.1) is 0 Å². The summed E-state index contributed by atoms with van der Waals surface area (Å²) < 4.78 is 44.5. The van der Waals surface area contributed by atoms with Gasteiger partial charge in [-0.1, -0.05) is 0 Å². The number of halogens is 1. The highest BCUT2D eigenvalue weighted by Crippen LogP contribution is 2.31. The molecule has 0 aliphatic carbocycles. The summed E-state index contributed by atoms with van der Waals surface area (Å²) in [7, 11) is -0.729. The van der Waals surface area contributed by atoms with E-state index in [1.807, 2.05) is 0 Å². The van der Waals surface area contributed by atoms with Gasteiger partial charge in [-0.3, -0.25) is 14.9 Å². The Morgan fingerprint density at radius 1 is 1.27 bits per heavy atom. The number of ether oxygens (including phenoxy) is 1. The SMILES string of the molecule is CN(C)S(=O)(=O)c1ccc2c(c1)CCCN2C(=O)COc1cc(F)ccc1[N+](=O)[O-]. The van der Waals surface area contributed by atoms with Crippen LogP contribution in [0, 0.1) is 15.9 Å². The van der Waals surface area contributed by atoms with Crippen LogP contribution in [0.3, 0.4) is 0 Å². The maximum atomic E-state index is 13.4. The molecule has 1 aliphatic rings. The Kier molecular flexibility index (Phi) is 6.04. The lowest BCUT2D eigenvalue weighted by atomic mass is 10.0. The molecule has 9 nitrogen and oxygen atoms in total. The smallest absolute Gasteiger partial charge is 0.311 e. The molecule has 0 radical (unpaired) electrons. The Balaban J connectivity index is 1.81. The number of anilines is 1. The molecule has 160 valence electrons. The molecule has 30 heavy (non-hydrogen) atoms. The molecule has 0 fully saturated rings. The molecule has 0 spiro atoms. The van der Waals surface area contributed by atoms with E-state index < -0.39 is 39.0 Å². The molecule has 0 bridgehead atoms. The number of carbonyl (C=O) groups excluding carboxylic acids is 1. The minimum Gasteiger partial charge on any atom is -0.477 e. The number of aryl methyl sites for hydroxylation is 1. The van der Waals surface area contributed by atoms with E-state index >= 15 is 0 Å². The van der Waals surface area contributed by atoms with Crippen LogP contribution in [0.25, 0.3) is 0 Å². The van der Waals surface area contributed by atoms with Crippen molar-refractivity contribution in [2.45, 2.75) is 17.7 Å². The highest BCUT2D eigenvalue weighted by Gasteiger charge is 2.26. The molecule has 1 heterocycles. The summed E-state index contributed by atoms with van der Waals surface area (Å²) in [4.78, 5) is 24.6. The van der Waals surface area contributed by atoms with E-state index in [9.17, 15) is 27.7 Å². The van der Waals surface area contributed by atoms with E-state index in [1.165, 1.54) is 25.1 Å². The number of nitrogens with zero attached hydrogens (tertiary/aromatic N) is 3. The number of carbonyl (C=O) groups is 1. The second kappa shape index (κ2) is 8.36. The van der Waals surface area contributed by atoms with Crippen molar-refractivity contribution in [2.24, 2.45) is 0 Å². The van der Waals surface area contributed by atoms with Crippen molar-refractivity contribution in [3.8, 4) is 5.75 Å². The molecule has 0 N–H and O–H groups in total. The fourth-order valence-electron chi connectivity index (χ4n) is 3.18. The minimum absolute atomic E-state index is 0.132. The van der Waals surface area contributed by atoms with Crippen molar-refractivity contribution in [1.82, 2.24) is 4.31 Å². The van der Waals surface area contributed by atoms with Gasteiger partial charge in [0.15, 0.2) is 6.61 Å². The lowest BCUT2D eigenvalue weighted by molar-refractivity contribution is -0.385. The lowest BCUT2D eigenvalue weighted by Crippen LogP contribution is -2.38. The van der Waals surface area contributed by atoms with Crippen LogP contribution in [0.5, 0.6) is 5.75 Å². The van der Waals surface area contributed by atoms with Crippen LogP contribution in [0.2, 0.25) is 0 Å². The Morgan fingerprint density at radius 2 is 2.00 bits per heavy atom. The van der Waals surface area contributed by atoms with Gasteiger partial charge in [0.2, 0.25) is 15.8 Å². The second-order valence-corrected chi connectivity index (χ2v) is 9.04. The second-order valence-electron chi connectivity index (χ2n) is 6.88.